The van der Waals surface area contributed by atoms with E-state index < -0.39 is 12.1 Å². The zero-order valence-electron chi connectivity index (χ0n) is 20.8. The van der Waals surface area contributed by atoms with Crippen LogP contribution in [-0.2, 0) is 20.7 Å². The molecule has 33 heavy (non-hydrogen) atoms. The number of likely N-dealkylation sites (tertiary alicyclic amines) is 1. The Morgan fingerprint density at radius 3 is 2.61 bits per heavy atom. The fraction of sp³-hybridized carbons (Fsp3) is 0.704. The van der Waals surface area contributed by atoms with Crippen LogP contribution in [0, 0.1) is 29.5 Å². The number of esters is 1. The minimum absolute atomic E-state index is 0.0417. The van der Waals surface area contributed by atoms with Crippen LogP contribution in [0.1, 0.15) is 72.3 Å². The molecule has 1 saturated heterocycles. The molecular formula is C27H40FNO4. The van der Waals surface area contributed by atoms with Crippen LogP contribution >= 0.6 is 0 Å². The van der Waals surface area contributed by atoms with Crippen molar-refractivity contribution in [1.29, 1.82) is 0 Å². The first-order valence-corrected chi connectivity index (χ1v) is 12.6. The standard InChI is InChI=1S/C27H40FNO4/c1-6-19(5)32-27(31)29-16-21(13-20-8-7-9-22(28)14-20)15-24(29)26(30)33-25-12-18(4)10-11-23(25)17(2)3/h7-9,14,17-19,21,23-25H,6,10-13,15-16H2,1-5H3. The summed E-state index contributed by atoms with van der Waals surface area (Å²) in [5.74, 6) is 0.734. The Labute approximate surface area is 198 Å². The van der Waals surface area contributed by atoms with Crippen molar-refractivity contribution < 1.29 is 23.5 Å². The smallest absolute Gasteiger partial charge is 0.410 e. The molecule has 184 valence electrons. The van der Waals surface area contributed by atoms with Crippen molar-refractivity contribution in [3.05, 3.63) is 35.6 Å². The molecule has 5 nitrogen and oxygen atoms in total. The van der Waals surface area contributed by atoms with Crippen LogP contribution < -0.4 is 0 Å². The summed E-state index contributed by atoms with van der Waals surface area (Å²) in [7, 11) is 0. The summed E-state index contributed by atoms with van der Waals surface area (Å²) in [6, 6.07) is 5.85. The van der Waals surface area contributed by atoms with Gasteiger partial charge in [-0.3, -0.25) is 4.90 Å². The number of benzene rings is 1. The van der Waals surface area contributed by atoms with E-state index in [1.165, 1.54) is 17.0 Å². The van der Waals surface area contributed by atoms with Crippen molar-refractivity contribution in [2.45, 2.75) is 91.4 Å². The number of ether oxygens (including phenoxy) is 2. The summed E-state index contributed by atoms with van der Waals surface area (Å²) in [5, 5.41) is 0. The average molecular weight is 462 g/mol. The predicted octanol–water partition coefficient (Wildman–Crippen LogP) is 6.00. The molecule has 3 rings (SSSR count). The molecule has 1 aromatic rings. The van der Waals surface area contributed by atoms with Crippen LogP contribution in [0.25, 0.3) is 0 Å². The van der Waals surface area contributed by atoms with Gasteiger partial charge >= 0.3 is 12.1 Å². The van der Waals surface area contributed by atoms with Gasteiger partial charge in [-0.25, -0.2) is 14.0 Å². The van der Waals surface area contributed by atoms with E-state index in [4.69, 9.17) is 9.47 Å². The third-order valence-electron chi connectivity index (χ3n) is 7.41. The first kappa shape index (κ1) is 25.5. The molecule has 6 heteroatoms. The number of carbonyl (C=O) groups is 2. The Bertz CT molecular complexity index is 813. The van der Waals surface area contributed by atoms with Crippen LogP contribution in [-0.4, -0.2) is 41.8 Å². The van der Waals surface area contributed by atoms with E-state index in [9.17, 15) is 14.0 Å². The van der Waals surface area contributed by atoms with Crippen LogP contribution in [0.2, 0.25) is 0 Å². The summed E-state index contributed by atoms with van der Waals surface area (Å²) >= 11 is 0. The molecule has 0 N–H and O–H groups in total. The topological polar surface area (TPSA) is 55.8 Å². The first-order valence-electron chi connectivity index (χ1n) is 12.6. The van der Waals surface area contributed by atoms with Crippen molar-refractivity contribution >= 4 is 12.1 Å². The van der Waals surface area contributed by atoms with Gasteiger partial charge in [0, 0.05) is 6.54 Å². The van der Waals surface area contributed by atoms with Gasteiger partial charge in [0.15, 0.2) is 0 Å². The first-order chi connectivity index (χ1) is 15.7. The second-order valence-electron chi connectivity index (χ2n) is 10.5. The van der Waals surface area contributed by atoms with Gasteiger partial charge in [0.1, 0.15) is 24.1 Å². The molecule has 0 spiro atoms. The molecule has 1 aliphatic heterocycles. The van der Waals surface area contributed by atoms with Crippen LogP contribution in [0.5, 0.6) is 0 Å². The van der Waals surface area contributed by atoms with Crippen LogP contribution in [0.3, 0.4) is 0 Å². The monoisotopic (exact) mass is 461 g/mol. The molecule has 1 aromatic carbocycles. The Morgan fingerprint density at radius 1 is 1.18 bits per heavy atom. The van der Waals surface area contributed by atoms with E-state index >= 15 is 0 Å². The third-order valence-corrected chi connectivity index (χ3v) is 7.41. The van der Waals surface area contributed by atoms with Gasteiger partial charge in [0.05, 0.1) is 0 Å². The van der Waals surface area contributed by atoms with Crippen LogP contribution in [0.4, 0.5) is 9.18 Å². The fourth-order valence-electron chi connectivity index (χ4n) is 5.29. The van der Waals surface area contributed by atoms with Gasteiger partial charge in [-0.05, 0) is 80.4 Å². The van der Waals surface area contributed by atoms with E-state index in [1.54, 1.807) is 6.07 Å². The molecule has 1 saturated carbocycles. The molecule has 0 aromatic heterocycles. The molecule has 1 heterocycles. The van der Waals surface area contributed by atoms with E-state index in [0.717, 1.165) is 24.8 Å². The summed E-state index contributed by atoms with van der Waals surface area (Å²) in [4.78, 5) is 27.9. The van der Waals surface area contributed by atoms with Gasteiger partial charge < -0.3 is 9.47 Å². The van der Waals surface area contributed by atoms with E-state index in [1.807, 2.05) is 19.9 Å². The number of hydrogen-bond acceptors (Lipinski definition) is 4. The predicted molar refractivity (Wildman–Crippen MR) is 126 cm³/mol. The molecule has 0 radical (unpaired) electrons. The minimum atomic E-state index is -0.662. The van der Waals surface area contributed by atoms with Gasteiger partial charge in [-0.2, -0.15) is 0 Å². The summed E-state index contributed by atoms with van der Waals surface area (Å²) < 4.78 is 25.3. The lowest BCUT2D eigenvalue weighted by Crippen LogP contribution is -2.45. The molecule has 0 bridgehead atoms. The molecule has 2 fully saturated rings. The third kappa shape index (κ3) is 6.70. The zero-order valence-corrected chi connectivity index (χ0v) is 20.8. The number of amides is 1. The Hall–Kier alpha value is -2.11. The summed E-state index contributed by atoms with van der Waals surface area (Å²) in [6.45, 7) is 10.8. The second kappa shape index (κ2) is 11.3. The van der Waals surface area contributed by atoms with Gasteiger partial charge in [-0.15, -0.1) is 0 Å². The van der Waals surface area contributed by atoms with E-state index in [-0.39, 0.29) is 29.9 Å². The highest BCUT2D eigenvalue weighted by molar-refractivity contribution is 5.82. The molecule has 6 atom stereocenters. The largest absolute Gasteiger partial charge is 0.461 e. The lowest BCUT2D eigenvalue weighted by atomic mass is 9.75. The maximum absolute atomic E-state index is 13.7. The normalized spacial score (nSPS) is 28.6. The quantitative estimate of drug-likeness (QED) is 0.468. The number of carbonyl (C=O) groups excluding carboxylic acids is 2. The van der Waals surface area contributed by atoms with Crippen molar-refractivity contribution in [1.82, 2.24) is 4.90 Å². The van der Waals surface area contributed by atoms with E-state index in [2.05, 4.69) is 20.8 Å². The molecular weight excluding hydrogens is 421 g/mol. The average Bonchev–Trinajstić information content (AvgIpc) is 3.17. The lowest BCUT2D eigenvalue weighted by molar-refractivity contribution is -0.161. The molecule has 6 unspecified atom stereocenters. The highest BCUT2D eigenvalue weighted by atomic mass is 19.1. The highest BCUT2D eigenvalue weighted by Gasteiger charge is 2.43. The zero-order chi connectivity index (χ0) is 24.1. The Morgan fingerprint density at radius 2 is 1.94 bits per heavy atom. The highest BCUT2D eigenvalue weighted by Crippen LogP contribution is 2.37. The minimum Gasteiger partial charge on any atom is -0.461 e. The molecule has 1 aliphatic carbocycles. The molecule has 2 aliphatic rings. The van der Waals surface area contributed by atoms with Gasteiger partial charge in [0.2, 0.25) is 0 Å². The summed E-state index contributed by atoms with van der Waals surface area (Å²) in [6.07, 6.45) is 4.08. The molecule has 1 amide bonds. The summed E-state index contributed by atoms with van der Waals surface area (Å²) in [5.41, 5.74) is 0.866. The Balaban J connectivity index is 1.74. The second-order valence-corrected chi connectivity index (χ2v) is 10.5. The maximum Gasteiger partial charge on any atom is 0.410 e. The van der Waals surface area contributed by atoms with Crippen LogP contribution in [0.15, 0.2) is 24.3 Å². The fourth-order valence-corrected chi connectivity index (χ4v) is 5.29. The van der Waals surface area contributed by atoms with Crippen molar-refractivity contribution in [3.63, 3.8) is 0 Å². The lowest BCUT2D eigenvalue weighted by Gasteiger charge is -2.37. The van der Waals surface area contributed by atoms with Crippen molar-refractivity contribution in [3.8, 4) is 0 Å². The van der Waals surface area contributed by atoms with Gasteiger partial charge in [-0.1, -0.05) is 46.2 Å². The van der Waals surface area contributed by atoms with E-state index in [0.29, 0.717) is 43.6 Å². The number of rotatable bonds is 7. The number of nitrogens with zero attached hydrogens (tertiary/aromatic N) is 1. The van der Waals surface area contributed by atoms with Gasteiger partial charge in [0.25, 0.3) is 0 Å². The van der Waals surface area contributed by atoms with Crippen molar-refractivity contribution in [2.75, 3.05) is 6.54 Å². The number of halogens is 1. The van der Waals surface area contributed by atoms with Crippen molar-refractivity contribution in [2.24, 2.45) is 23.7 Å². The maximum atomic E-state index is 13.7. The SMILES string of the molecule is CCC(C)OC(=O)N1CC(Cc2cccc(F)c2)CC1C(=O)OC1CC(C)CCC1C(C)C. The number of hydrogen-bond donors (Lipinski definition) is 0. The Kier molecular flexibility index (Phi) is 8.77.